The maximum absolute atomic E-state index is 12.5. The minimum atomic E-state index is -0.584. The molecule has 1 heterocycles. The Labute approximate surface area is 148 Å². The second-order valence-corrected chi connectivity index (χ2v) is 7.65. The SMILES string of the molecule is CN1C(=O)C(C)(C)COc2cc(NC(=O)NC3CCCCC3)ccc21. The average Bonchev–Trinajstić information content (AvgIpc) is 2.67. The highest BCUT2D eigenvalue weighted by Crippen LogP contribution is 2.37. The highest BCUT2D eigenvalue weighted by molar-refractivity contribution is 5.99. The van der Waals surface area contributed by atoms with Crippen molar-refractivity contribution in [2.75, 3.05) is 23.9 Å². The van der Waals surface area contributed by atoms with E-state index in [1.807, 2.05) is 19.9 Å². The van der Waals surface area contributed by atoms with Crippen LogP contribution in [0.15, 0.2) is 18.2 Å². The van der Waals surface area contributed by atoms with Crippen molar-refractivity contribution in [3.05, 3.63) is 18.2 Å². The van der Waals surface area contributed by atoms with Crippen molar-refractivity contribution in [1.82, 2.24) is 5.32 Å². The molecule has 1 aromatic rings. The number of hydrogen-bond acceptors (Lipinski definition) is 3. The van der Waals surface area contributed by atoms with Gasteiger partial charge in [-0.15, -0.1) is 0 Å². The molecule has 3 rings (SSSR count). The van der Waals surface area contributed by atoms with Gasteiger partial charge >= 0.3 is 6.03 Å². The van der Waals surface area contributed by atoms with Gasteiger partial charge in [0.25, 0.3) is 0 Å². The molecule has 136 valence electrons. The van der Waals surface area contributed by atoms with E-state index in [2.05, 4.69) is 10.6 Å². The molecule has 25 heavy (non-hydrogen) atoms. The molecule has 2 aliphatic rings. The summed E-state index contributed by atoms with van der Waals surface area (Å²) in [5, 5.41) is 5.91. The number of anilines is 2. The molecule has 1 fully saturated rings. The number of ether oxygens (including phenoxy) is 1. The van der Waals surface area contributed by atoms with Crippen molar-refractivity contribution in [3.63, 3.8) is 0 Å². The predicted octanol–water partition coefficient (Wildman–Crippen LogP) is 3.52. The van der Waals surface area contributed by atoms with Crippen LogP contribution in [0.5, 0.6) is 5.75 Å². The van der Waals surface area contributed by atoms with Gasteiger partial charge in [-0.2, -0.15) is 0 Å². The summed E-state index contributed by atoms with van der Waals surface area (Å²) in [5.74, 6) is 0.624. The first-order chi connectivity index (χ1) is 11.9. The molecule has 1 aliphatic heterocycles. The topological polar surface area (TPSA) is 70.7 Å². The summed E-state index contributed by atoms with van der Waals surface area (Å²) in [6.45, 7) is 4.05. The predicted molar refractivity (Wildman–Crippen MR) is 98.2 cm³/mol. The lowest BCUT2D eigenvalue weighted by molar-refractivity contribution is -0.127. The molecule has 6 heteroatoms. The highest BCUT2D eigenvalue weighted by atomic mass is 16.5. The standard InChI is InChI=1S/C19H27N3O3/c1-19(2)12-25-16-11-14(9-10-15(16)22(3)17(19)23)21-18(24)20-13-7-5-4-6-8-13/h9-11,13H,4-8,12H2,1-3H3,(H2,20,21,24). The van der Waals surface area contributed by atoms with Crippen LogP contribution in [0.4, 0.5) is 16.2 Å². The first kappa shape index (κ1) is 17.6. The maximum Gasteiger partial charge on any atom is 0.319 e. The number of rotatable bonds is 2. The summed E-state index contributed by atoms with van der Waals surface area (Å²) in [5.41, 5.74) is 0.793. The molecule has 2 N–H and O–H groups in total. The van der Waals surface area contributed by atoms with Gasteiger partial charge < -0.3 is 20.3 Å². The second-order valence-electron chi connectivity index (χ2n) is 7.65. The molecule has 0 unspecified atom stereocenters. The normalized spacial score (nSPS) is 20.3. The van der Waals surface area contributed by atoms with E-state index in [1.54, 1.807) is 24.1 Å². The van der Waals surface area contributed by atoms with Gasteiger partial charge in [0.05, 0.1) is 11.1 Å². The lowest BCUT2D eigenvalue weighted by Crippen LogP contribution is -2.39. The second kappa shape index (κ2) is 6.94. The average molecular weight is 345 g/mol. The monoisotopic (exact) mass is 345 g/mol. The van der Waals surface area contributed by atoms with Crippen LogP contribution in [-0.4, -0.2) is 31.6 Å². The molecular formula is C19H27N3O3. The Morgan fingerprint density at radius 3 is 2.68 bits per heavy atom. The van der Waals surface area contributed by atoms with Gasteiger partial charge in [0.15, 0.2) is 0 Å². The lowest BCUT2D eigenvalue weighted by Gasteiger charge is -2.24. The van der Waals surface area contributed by atoms with Crippen LogP contribution in [0, 0.1) is 5.41 Å². The zero-order valence-electron chi connectivity index (χ0n) is 15.2. The number of benzene rings is 1. The summed E-state index contributed by atoms with van der Waals surface area (Å²) >= 11 is 0. The van der Waals surface area contributed by atoms with Crippen molar-refractivity contribution < 1.29 is 14.3 Å². The molecule has 0 spiro atoms. The van der Waals surface area contributed by atoms with E-state index >= 15 is 0 Å². The molecule has 0 radical (unpaired) electrons. The molecule has 1 aliphatic carbocycles. The van der Waals surface area contributed by atoms with E-state index in [0.717, 1.165) is 12.8 Å². The van der Waals surface area contributed by atoms with Crippen LogP contribution in [-0.2, 0) is 4.79 Å². The van der Waals surface area contributed by atoms with Crippen molar-refractivity contribution in [2.45, 2.75) is 52.0 Å². The Balaban J connectivity index is 1.70. The quantitative estimate of drug-likeness (QED) is 0.861. The van der Waals surface area contributed by atoms with Gasteiger partial charge in [-0.1, -0.05) is 19.3 Å². The number of nitrogens with zero attached hydrogens (tertiary/aromatic N) is 1. The zero-order valence-corrected chi connectivity index (χ0v) is 15.2. The molecule has 3 amide bonds. The van der Waals surface area contributed by atoms with Gasteiger partial charge in [0.1, 0.15) is 12.4 Å². The van der Waals surface area contributed by atoms with Gasteiger partial charge in [-0.3, -0.25) is 4.79 Å². The molecule has 1 aromatic carbocycles. The summed E-state index contributed by atoms with van der Waals surface area (Å²) in [4.78, 5) is 26.3. The van der Waals surface area contributed by atoms with E-state index in [0.29, 0.717) is 23.7 Å². The Morgan fingerprint density at radius 1 is 1.24 bits per heavy atom. The van der Waals surface area contributed by atoms with E-state index in [-0.39, 0.29) is 18.0 Å². The number of urea groups is 1. The van der Waals surface area contributed by atoms with E-state index in [9.17, 15) is 9.59 Å². The van der Waals surface area contributed by atoms with Crippen LogP contribution in [0.2, 0.25) is 0 Å². The van der Waals surface area contributed by atoms with Gasteiger partial charge in [0, 0.05) is 24.8 Å². The lowest BCUT2D eigenvalue weighted by atomic mass is 9.93. The smallest absolute Gasteiger partial charge is 0.319 e. The van der Waals surface area contributed by atoms with Crippen molar-refractivity contribution in [2.24, 2.45) is 5.41 Å². The molecule has 1 saturated carbocycles. The molecule has 0 bridgehead atoms. The fourth-order valence-corrected chi connectivity index (χ4v) is 3.47. The third-order valence-corrected chi connectivity index (χ3v) is 4.99. The molecule has 6 nitrogen and oxygen atoms in total. The molecule has 0 saturated heterocycles. The number of carbonyl (C=O) groups excluding carboxylic acids is 2. The Bertz CT molecular complexity index is 666. The largest absolute Gasteiger partial charge is 0.490 e. The summed E-state index contributed by atoms with van der Waals surface area (Å²) < 4.78 is 5.84. The van der Waals surface area contributed by atoms with Gasteiger partial charge in [0.2, 0.25) is 5.91 Å². The molecule has 0 aromatic heterocycles. The first-order valence-electron chi connectivity index (χ1n) is 8.99. The van der Waals surface area contributed by atoms with Crippen molar-refractivity contribution in [1.29, 1.82) is 0 Å². The van der Waals surface area contributed by atoms with Gasteiger partial charge in [-0.25, -0.2) is 4.79 Å². The van der Waals surface area contributed by atoms with Crippen molar-refractivity contribution in [3.8, 4) is 5.75 Å². The van der Waals surface area contributed by atoms with E-state index in [1.165, 1.54) is 19.3 Å². The zero-order chi connectivity index (χ0) is 18.0. The Hall–Kier alpha value is -2.24. The highest BCUT2D eigenvalue weighted by Gasteiger charge is 2.36. The fraction of sp³-hybridized carbons (Fsp3) is 0.579. The van der Waals surface area contributed by atoms with Crippen LogP contribution in [0.3, 0.4) is 0 Å². The number of hydrogen-bond donors (Lipinski definition) is 2. The maximum atomic E-state index is 12.5. The third kappa shape index (κ3) is 3.89. The Kier molecular flexibility index (Phi) is 4.88. The minimum absolute atomic E-state index is 0.0157. The Morgan fingerprint density at radius 2 is 1.96 bits per heavy atom. The number of fused-ring (bicyclic) bond motifs is 1. The van der Waals surface area contributed by atoms with Crippen LogP contribution < -0.4 is 20.3 Å². The van der Waals surface area contributed by atoms with Gasteiger partial charge in [-0.05, 0) is 38.8 Å². The summed E-state index contributed by atoms with van der Waals surface area (Å²) in [6, 6.07) is 5.46. The van der Waals surface area contributed by atoms with E-state index < -0.39 is 5.41 Å². The minimum Gasteiger partial charge on any atom is -0.490 e. The molecular weight excluding hydrogens is 318 g/mol. The van der Waals surface area contributed by atoms with E-state index in [4.69, 9.17) is 4.74 Å². The first-order valence-corrected chi connectivity index (χ1v) is 8.99. The van der Waals surface area contributed by atoms with Crippen LogP contribution in [0.1, 0.15) is 46.0 Å². The number of amides is 3. The summed E-state index contributed by atoms with van der Waals surface area (Å²) in [7, 11) is 1.75. The van der Waals surface area contributed by atoms with Crippen LogP contribution >= 0.6 is 0 Å². The van der Waals surface area contributed by atoms with Crippen LogP contribution in [0.25, 0.3) is 0 Å². The summed E-state index contributed by atoms with van der Waals surface area (Å²) in [6.07, 6.45) is 5.69. The molecule has 0 atom stereocenters. The van der Waals surface area contributed by atoms with Crippen molar-refractivity contribution >= 4 is 23.3 Å². The number of carbonyl (C=O) groups is 2. The third-order valence-electron chi connectivity index (χ3n) is 4.99. The number of nitrogens with one attached hydrogen (secondary N) is 2. The fourth-order valence-electron chi connectivity index (χ4n) is 3.47.